The lowest BCUT2D eigenvalue weighted by Gasteiger charge is -2.13. The maximum Gasteiger partial charge on any atom is 0.290 e. The fourth-order valence-electron chi connectivity index (χ4n) is 3.30. The lowest BCUT2D eigenvalue weighted by molar-refractivity contribution is -0.115. The monoisotopic (exact) mass is 457 g/mol. The van der Waals surface area contributed by atoms with E-state index in [1.807, 2.05) is 0 Å². The summed E-state index contributed by atoms with van der Waals surface area (Å²) in [5.74, 6) is -0.0510. The molecule has 3 heterocycles. The van der Waals surface area contributed by atoms with Crippen molar-refractivity contribution < 1.29 is 22.4 Å². The van der Waals surface area contributed by atoms with Gasteiger partial charge in [-0.2, -0.15) is 0 Å². The summed E-state index contributed by atoms with van der Waals surface area (Å²) in [6.07, 6.45) is 4.78. The number of hydrogen-bond donors (Lipinski definition) is 2. The van der Waals surface area contributed by atoms with Gasteiger partial charge < -0.3 is 4.42 Å². The van der Waals surface area contributed by atoms with E-state index in [0.29, 0.717) is 22.5 Å². The van der Waals surface area contributed by atoms with Crippen LogP contribution in [0, 0.1) is 6.92 Å². The van der Waals surface area contributed by atoms with Gasteiger partial charge in [-0.25, -0.2) is 13.1 Å². The molecule has 8 nitrogen and oxygen atoms in total. The Morgan fingerprint density at radius 1 is 1.19 bits per heavy atom. The fraction of sp³-hybridized carbons (Fsp3) is 0.190. The summed E-state index contributed by atoms with van der Waals surface area (Å²) in [7, 11) is -3.62. The van der Waals surface area contributed by atoms with E-state index in [9.17, 15) is 18.0 Å². The summed E-state index contributed by atoms with van der Waals surface area (Å²) in [6, 6.07) is 6.55. The van der Waals surface area contributed by atoms with Gasteiger partial charge in [0.05, 0.1) is 9.80 Å². The zero-order valence-corrected chi connectivity index (χ0v) is 18.6. The lowest BCUT2D eigenvalue weighted by Crippen LogP contribution is -2.30. The quantitative estimate of drug-likeness (QED) is 0.559. The number of aromatic nitrogens is 1. The SMILES string of the molecule is Cc1cc(-c2cncc3cc(/C=C4/SC(=O)NC4=O)oc23)ccc1S(=O)(=O)NC(C)C. The molecule has 2 N–H and O–H groups in total. The minimum absolute atomic E-state index is 0.212. The van der Waals surface area contributed by atoms with Crippen molar-refractivity contribution in [2.24, 2.45) is 0 Å². The van der Waals surface area contributed by atoms with E-state index in [2.05, 4.69) is 15.0 Å². The zero-order valence-electron chi connectivity index (χ0n) is 16.9. The molecule has 0 unspecified atom stereocenters. The molecule has 2 amide bonds. The Morgan fingerprint density at radius 2 is 1.97 bits per heavy atom. The predicted molar refractivity (Wildman–Crippen MR) is 119 cm³/mol. The first kappa shape index (κ1) is 21.3. The highest BCUT2D eigenvalue weighted by Gasteiger charge is 2.26. The van der Waals surface area contributed by atoms with Crippen molar-refractivity contribution in [2.75, 3.05) is 0 Å². The number of thioether (sulfide) groups is 1. The van der Waals surface area contributed by atoms with Gasteiger partial charge in [-0.15, -0.1) is 0 Å². The summed E-state index contributed by atoms with van der Waals surface area (Å²) in [5.41, 5.74) is 2.57. The Kier molecular flexibility index (Phi) is 5.46. The van der Waals surface area contributed by atoms with Crippen LogP contribution in [0.4, 0.5) is 4.79 Å². The summed E-state index contributed by atoms with van der Waals surface area (Å²) in [6.45, 7) is 5.26. The number of pyridine rings is 1. The number of carbonyl (C=O) groups excluding carboxylic acids is 2. The van der Waals surface area contributed by atoms with Crippen LogP contribution in [-0.2, 0) is 14.8 Å². The first-order chi connectivity index (χ1) is 14.6. The Balaban J connectivity index is 1.74. The van der Waals surface area contributed by atoms with Gasteiger partial charge in [0.2, 0.25) is 10.0 Å². The van der Waals surface area contributed by atoms with Gasteiger partial charge in [-0.3, -0.25) is 19.9 Å². The third-order valence-corrected chi connectivity index (χ3v) is 7.15. The molecule has 0 bridgehead atoms. The second-order valence-electron chi connectivity index (χ2n) is 7.36. The first-order valence-corrected chi connectivity index (χ1v) is 11.7. The van der Waals surface area contributed by atoms with Crippen LogP contribution >= 0.6 is 11.8 Å². The van der Waals surface area contributed by atoms with E-state index in [1.54, 1.807) is 57.4 Å². The molecular formula is C21H19N3O5S2. The molecule has 4 rings (SSSR count). The maximum absolute atomic E-state index is 12.5. The number of aryl methyl sites for hydroxylation is 1. The highest BCUT2D eigenvalue weighted by molar-refractivity contribution is 8.18. The van der Waals surface area contributed by atoms with Crippen molar-refractivity contribution in [1.82, 2.24) is 15.0 Å². The molecule has 0 aliphatic carbocycles. The van der Waals surface area contributed by atoms with Crippen molar-refractivity contribution in [1.29, 1.82) is 0 Å². The number of hydrogen-bond acceptors (Lipinski definition) is 7. The van der Waals surface area contributed by atoms with Crippen LogP contribution in [0.25, 0.3) is 28.2 Å². The van der Waals surface area contributed by atoms with Gasteiger partial charge in [-0.05, 0) is 61.9 Å². The molecule has 1 saturated heterocycles. The molecule has 3 aromatic rings. The summed E-state index contributed by atoms with van der Waals surface area (Å²) >= 11 is 0.812. The standard InChI is InChI=1S/C21H19N3O5S2/c1-11(2)24-31(27,28)18-5-4-13(6-12(18)3)16-10-22-9-14-7-15(29-19(14)16)8-17-20(25)23-21(26)30-17/h4-11,24H,1-3H3,(H,23,25,26)/b17-8+. The molecule has 0 spiro atoms. The maximum atomic E-state index is 12.5. The minimum Gasteiger partial charge on any atom is -0.456 e. The van der Waals surface area contributed by atoms with E-state index >= 15 is 0 Å². The van der Waals surface area contributed by atoms with Crippen molar-refractivity contribution in [3.63, 3.8) is 0 Å². The third-order valence-electron chi connectivity index (χ3n) is 4.52. The minimum atomic E-state index is -3.62. The smallest absolute Gasteiger partial charge is 0.290 e. The summed E-state index contributed by atoms with van der Waals surface area (Å²) in [4.78, 5) is 27.9. The van der Waals surface area contributed by atoms with Crippen LogP contribution in [0.1, 0.15) is 25.2 Å². The van der Waals surface area contributed by atoms with E-state index in [1.165, 1.54) is 6.08 Å². The number of fused-ring (bicyclic) bond motifs is 1. The third kappa shape index (κ3) is 4.27. The molecule has 0 saturated carbocycles. The van der Waals surface area contributed by atoms with Crippen LogP contribution in [0.5, 0.6) is 0 Å². The molecule has 31 heavy (non-hydrogen) atoms. The first-order valence-electron chi connectivity index (χ1n) is 9.40. The van der Waals surface area contributed by atoms with Crippen LogP contribution < -0.4 is 10.0 Å². The van der Waals surface area contributed by atoms with Crippen molar-refractivity contribution in [3.05, 3.63) is 52.9 Å². The second-order valence-corrected chi connectivity index (χ2v) is 10.1. The normalized spacial score (nSPS) is 15.9. The van der Waals surface area contributed by atoms with Crippen LogP contribution in [0.3, 0.4) is 0 Å². The lowest BCUT2D eigenvalue weighted by atomic mass is 10.0. The Morgan fingerprint density at radius 3 is 2.61 bits per heavy atom. The van der Waals surface area contributed by atoms with Crippen LogP contribution in [0.15, 0.2) is 50.9 Å². The predicted octanol–water partition coefficient (Wildman–Crippen LogP) is 3.81. The zero-order chi connectivity index (χ0) is 22.3. The highest BCUT2D eigenvalue weighted by atomic mass is 32.2. The fourth-order valence-corrected chi connectivity index (χ4v) is 5.44. The molecule has 1 aliphatic rings. The molecule has 1 fully saturated rings. The average molecular weight is 458 g/mol. The van der Waals surface area contributed by atoms with Crippen LogP contribution in [-0.4, -0.2) is 30.6 Å². The van der Waals surface area contributed by atoms with E-state index in [0.717, 1.165) is 22.7 Å². The van der Waals surface area contributed by atoms with Crippen molar-refractivity contribution in [3.8, 4) is 11.1 Å². The number of furan rings is 1. The van der Waals surface area contributed by atoms with Gasteiger partial charge in [0.15, 0.2) is 0 Å². The molecule has 10 heteroatoms. The van der Waals surface area contributed by atoms with Gasteiger partial charge in [-0.1, -0.05) is 6.07 Å². The topological polar surface area (TPSA) is 118 Å². The molecule has 0 radical (unpaired) electrons. The average Bonchev–Trinajstić information content (AvgIpc) is 3.22. The van der Waals surface area contributed by atoms with E-state index in [-0.39, 0.29) is 15.8 Å². The van der Waals surface area contributed by atoms with Gasteiger partial charge in [0, 0.05) is 35.5 Å². The molecule has 1 aliphatic heterocycles. The summed E-state index contributed by atoms with van der Waals surface area (Å²) in [5, 5.41) is 2.50. The Labute approximate surface area is 183 Å². The van der Waals surface area contributed by atoms with Gasteiger partial charge >= 0.3 is 0 Å². The Hall–Kier alpha value is -2.95. The van der Waals surface area contributed by atoms with E-state index < -0.39 is 21.2 Å². The number of nitrogens with one attached hydrogen (secondary N) is 2. The number of carbonyl (C=O) groups is 2. The van der Waals surface area contributed by atoms with Gasteiger partial charge in [0.1, 0.15) is 11.3 Å². The molecule has 1 aromatic carbocycles. The Bertz CT molecular complexity index is 1360. The highest BCUT2D eigenvalue weighted by Crippen LogP contribution is 2.34. The van der Waals surface area contributed by atoms with Gasteiger partial charge in [0.25, 0.3) is 11.1 Å². The number of nitrogens with zero attached hydrogens (tertiary/aromatic N) is 1. The molecule has 2 aromatic heterocycles. The number of rotatable bonds is 5. The van der Waals surface area contributed by atoms with Crippen LogP contribution in [0.2, 0.25) is 0 Å². The number of amides is 2. The molecule has 0 atom stereocenters. The van der Waals surface area contributed by atoms with Crippen molar-refractivity contribution >= 4 is 50.0 Å². The second kappa shape index (κ2) is 7.95. The van der Waals surface area contributed by atoms with Crippen molar-refractivity contribution in [2.45, 2.75) is 31.7 Å². The van der Waals surface area contributed by atoms with E-state index in [4.69, 9.17) is 4.42 Å². The number of benzene rings is 1. The molecule has 160 valence electrons. The number of imide groups is 1. The largest absolute Gasteiger partial charge is 0.456 e. The molecular weight excluding hydrogens is 438 g/mol. The summed E-state index contributed by atoms with van der Waals surface area (Å²) < 4.78 is 33.6. The number of sulfonamides is 1.